The van der Waals surface area contributed by atoms with Crippen molar-refractivity contribution in [2.24, 2.45) is 5.73 Å². The Hall–Kier alpha value is -1.35. The lowest BCUT2D eigenvalue weighted by atomic mass is 9.96. The standard InChI is InChI=1S/C11H15N3/c1-8-4-5-9(11(2,3)12)10-13-6-7-14(8)10/h4-7H,12H2,1-3H3. The number of fused-ring (bicyclic) bond motifs is 1. The van der Waals surface area contributed by atoms with Gasteiger partial charge in [0.1, 0.15) is 5.65 Å². The Morgan fingerprint density at radius 2 is 2.07 bits per heavy atom. The van der Waals surface area contributed by atoms with Gasteiger partial charge >= 0.3 is 0 Å². The molecule has 2 heterocycles. The first-order valence-corrected chi connectivity index (χ1v) is 4.72. The highest BCUT2D eigenvalue weighted by Gasteiger charge is 2.18. The van der Waals surface area contributed by atoms with Crippen LogP contribution in [0.2, 0.25) is 0 Å². The third-order valence-electron chi connectivity index (χ3n) is 2.45. The monoisotopic (exact) mass is 189 g/mol. The summed E-state index contributed by atoms with van der Waals surface area (Å²) in [6, 6.07) is 4.12. The van der Waals surface area contributed by atoms with Crippen molar-refractivity contribution in [3.8, 4) is 0 Å². The fourth-order valence-corrected chi connectivity index (χ4v) is 1.65. The molecule has 2 N–H and O–H groups in total. The van der Waals surface area contributed by atoms with Crippen LogP contribution in [0.25, 0.3) is 5.65 Å². The van der Waals surface area contributed by atoms with Crippen molar-refractivity contribution in [3.05, 3.63) is 35.8 Å². The molecule has 0 saturated heterocycles. The second-order valence-corrected chi connectivity index (χ2v) is 4.23. The Kier molecular flexibility index (Phi) is 1.86. The summed E-state index contributed by atoms with van der Waals surface area (Å²) in [4.78, 5) is 4.33. The zero-order valence-corrected chi connectivity index (χ0v) is 8.78. The van der Waals surface area contributed by atoms with Gasteiger partial charge in [-0.15, -0.1) is 0 Å². The fraction of sp³-hybridized carbons (Fsp3) is 0.364. The molecule has 14 heavy (non-hydrogen) atoms. The average Bonchev–Trinajstić information content (AvgIpc) is 2.50. The van der Waals surface area contributed by atoms with E-state index in [2.05, 4.69) is 28.4 Å². The van der Waals surface area contributed by atoms with E-state index in [1.807, 2.05) is 20.0 Å². The molecule has 2 rings (SSSR count). The summed E-state index contributed by atoms with van der Waals surface area (Å²) >= 11 is 0. The molecule has 3 nitrogen and oxygen atoms in total. The molecular formula is C11H15N3. The molecule has 74 valence electrons. The Labute approximate surface area is 83.6 Å². The number of rotatable bonds is 1. The van der Waals surface area contributed by atoms with Crippen molar-refractivity contribution in [1.29, 1.82) is 0 Å². The number of pyridine rings is 1. The van der Waals surface area contributed by atoms with Crippen LogP contribution < -0.4 is 5.73 Å². The fourth-order valence-electron chi connectivity index (χ4n) is 1.65. The predicted molar refractivity (Wildman–Crippen MR) is 57.1 cm³/mol. The van der Waals surface area contributed by atoms with E-state index in [0.29, 0.717) is 0 Å². The van der Waals surface area contributed by atoms with Crippen molar-refractivity contribution in [3.63, 3.8) is 0 Å². The van der Waals surface area contributed by atoms with Crippen LogP contribution in [0, 0.1) is 6.92 Å². The van der Waals surface area contributed by atoms with Crippen LogP contribution in [0.1, 0.15) is 25.1 Å². The molecule has 0 amide bonds. The largest absolute Gasteiger partial charge is 0.322 e. The number of nitrogens with zero attached hydrogens (tertiary/aromatic N) is 2. The number of imidazole rings is 1. The number of aryl methyl sites for hydroxylation is 1. The molecule has 0 aliphatic carbocycles. The number of hydrogen-bond donors (Lipinski definition) is 1. The minimum absolute atomic E-state index is 0.347. The molecule has 0 saturated carbocycles. The van der Waals surface area contributed by atoms with Gasteiger partial charge in [-0.25, -0.2) is 4.98 Å². The zero-order valence-electron chi connectivity index (χ0n) is 8.78. The third-order valence-corrected chi connectivity index (χ3v) is 2.45. The van der Waals surface area contributed by atoms with Gasteiger partial charge in [-0.3, -0.25) is 0 Å². The highest BCUT2D eigenvalue weighted by molar-refractivity contribution is 5.52. The van der Waals surface area contributed by atoms with Crippen LogP contribution in [-0.4, -0.2) is 9.38 Å². The summed E-state index contributed by atoms with van der Waals surface area (Å²) in [5.41, 5.74) is 8.94. The lowest BCUT2D eigenvalue weighted by Crippen LogP contribution is -2.29. The Balaban J connectivity index is 2.80. The summed E-state index contributed by atoms with van der Waals surface area (Å²) in [5.74, 6) is 0. The lowest BCUT2D eigenvalue weighted by molar-refractivity contribution is 0.555. The molecule has 3 heteroatoms. The first-order chi connectivity index (χ1) is 6.50. The normalized spacial score (nSPS) is 12.3. The SMILES string of the molecule is Cc1ccc(C(C)(C)N)c2nccn12. The molecule has 0 spiro atoms. The third kappa shape index (κ3) is 1.30. The highest BCUT2D eigenvalue weighted by Crippen LogP contribution is 2.22. The van der Waals surface area contributed by atoms with Crippen LogP contribution in [0.4, 0.5) is 0 Å². The highest BCUT2D eigenvalue weighted by atomic mass is 15.0. The summed E-state index contributed by atoms with van der Waals surface area (Å²) in [6.45, 7) is 6.04. The summed E-state index contributed by atoms with van der Waals surface area (Å²) < 4.78 is 2.06. The first-order valence-electron chi connectivity index (χ1n) is 4.72. The van der Waals surface area contributed by atoms with Gasteiger partial charge in [0.25, 0.3) is 0 Å². The molecule has 0 fully saturated rings. The van der Waals surface area contributed by atoms with E-state index < -0.39 is 0 Å². The molecule has 0 atom stereocenters. The molecule has 0 bridgehead atoms. The smallest absolute Gasteiger partial charge is 0.141 e. The van der Waals surface area contributed by atoms with Crippen LogP contribution in [0.5, 0.6) is 0 Å². The van der Waals surface area contributed by atoms with Crippen LogP contribution >= 0.6 is 0 Å². The van der Waals surface area contributed by atoms with Gasteiger partial charge in [-0.1, -0.05) is 6.07 Å². The van der Waals surface area contributed by atoms with Gasteiger partial charge in [0.15, 0.2) is 0 Å². The Morgan fingerprint density at radius 1 is 1.36 bits per heavy atom. The van der Waals surface area contributed by atoms with Crippen molar-refractivity contribution in [2.75, 3.05) is 0 Å². The minimum Gasteiger partial charge on any atom is -0.322 e. The topological polar surface area (TPSA) is 43.3 Å². The van der Waals surface area contributed by atoms with Crippen LogP contribution in [-0.2, 0) is 5.54 Å². The molecule has 0 aromatic carbocycles. The molecule has 0 aliphatic rings. The van der Waals surface area contributed by atoms with Gasteiger partial charge in [0.2, 0.25) is 0 Å². The Morgan fingerprint density at radius 3 is 2.71 bits per heavy atom. The van der Waals surface area contributed by atoms with Crippen molar-refractivity contribution in [2.45, 2.75) is 26.3 Å². The quantitative estimate of drug-likeness (QED) is 0.743. The van der Waals surface area contributed by atoms with E-state index >= 15 is 0 Å². The maximum atomic E-state index is 6.08. The number of nitrogens with two attached hydrogens (primary N) is 1. The van der Waals surface area contributed by atoms with Crippen LogP contribution in [0.15, 0.2) is 24.5 Å². The number of aromatic nitrogens is 2. The van der Waals surface area contributed by atoms with Crippen molar-refractivity contribution in [1.82, 2.24) is 9.38 Å². The second kappa shape index (κ2) is 2.82. The van der Waals surface area contributed by atoms with E-state index in [0.717, 1.165) is 11.2 Å². The van der Waals surface area contributed by atoms with E-state index in [1.54, 1.807) is 6.20 Å². The van der Waals surface area contributed by atoms with E-state index in [-0.39, 0.29) is 5.54 Å². The van der Waals surface area contributed by atoms with Gasteiger partial charge in [0.05, 0.1) is 0 Å². The summed E-state index contributed by atoms with van der Waals surface area (Å²) in [5, 5.41) is 0. The van der Waals surface area contributed by atoms with E-state index in [1.165, 1.54) is 5.69 Å². The predicted octanol–water partition coefficient (Wildman–Crippen LogP) is 1.84. The molecular weight excluding hydrogens is 174 g/mol. The van der Waals surface area contributed by atoms with Crippen molar-refractivity contribution >= 4 is 5.65 Å². The van der Waals surface area contributed by atoms with Crippen molar-refractivity contribution < 1.29 is 0 Å². The maximum Gasteiger partial charge on any atom is 0.141 e. The average molecular weight is 189 g/mol. The summed E-state index contributed by atoms with van der Waals surface area (Å²) in [6.07, 6.45) is 3.76. The van der Waals surface area contributed by atoms with Gasteiger partial charge in [-0.2, -0.15) is 0 Å². The molecule has 2 aromatic heterocycles. The minimum atomic E-state index is -0.347. The maximum absolute atomic E-state index is 6.08. The molecule has 0 radical (unpaired) electrons. The van der Waals surface area contributed by atoms with Crippen LogP contribution in [0.3, 0.4) is 0 Å². The Bertz CT molecular complexity index is 463. The first kappa shape index (κ1) is 9.21. The number of hydrogen-bond acceptors (Lipinski definition) is 2. The zero-order chi connectivity index (χ0) is 10.3. The van der Waals surface area contributed by atoms with Gasteiger partial charge in [0, 0.05) is 29.2 Å². The molecule has 0 unspecified atom stereocenters. The molecule has 2 aromatic rings. The van der Waals surface area contributed by atoms with Gasteiger partial charge < -0.3 is 10.1 Å². The second-order valence-electron chi connectivity index (χ2n) is 4.23. The lowest BCUT2D eigenvalue weighted by Gasteiger charge is -2.20. The van der Waals surface area contributed by atoms with E-state index in [9.17, 15) is 0 Å². The summed E-state index contributed by atoms with van der Waals surface area (Å²) in [7, 11) is 0. The van der Waals surface area contributed by atoms with Gasteiger partial charge in [-0.05, 0) is 26.8 Å². The molecule has 0 aliphatic heterocycles. The van der Waals surface area contributed by atoms with E-state index in [4.69, 9.17) is 5.73 Å².